The Morgan fingerprint density at radius 2 is 1.56 bits per heavy atom. The first-order chi connectivity index (χ1) is 16.9. The first kappa shape index (κ1) is 25.5. The van der Waals surface area contributed by atoms with E-state index >= 15 is 0 Å². The zero-order chi connectivity index (χ0) is 26.1. The lowest BCUT2D eigenvalue weighted by atomic mass is 10.0. The number of halogens is 1. The van der Waals surface area contributed by atoms with E-state index in [2.05, 4.69) is 10.0 Å². The number of nitrogens with zero attached hydrogens (tertiary/aromatic N) is 1. The molecule has 2 amide bonds. The molecule has 1 atom stereocenters. The number of amides is 2. The molecule has 0 fully saturated rings. The van der Waals surface area contributed by atoms with Crippen LogP contribution in [0.1, 0.15) is 42.3 Å². The van der Waals surface area contributed by atoms with E-state index in [0.717, 1.165) is 11.1 Å². The number of rotatable bonds is 5. The Morgan fingerprint density at radius 3 is 2.17 bits per heavy atom. The number of anilines is 1. The van der Waals surface area contributed by atoms with Crippen molar-refractivity contribution in [2.75, 3.05) is 4.90 Å². The van der Waals surface area contributed by atoms with Crippen LogP contribution >= 0.6 is 0 Å². The highest BCUT2D eigenvalue weighted by atomic mass is 32.2. The molecule has 36 heavy (non-hydrogen) atoms. The van der Waals surface area contributed by atoms with Gasteiger partial charge in [-0.1, -0.05) is 24.3 Å². The zero-order valence-corrected chi connectivity index (χ0v) is 21.1. The number of benzene rings is 3. The highest BCUT2D eigenvalue weighted by molar-refractivity contribution is 7.89. The van der Waals surface area contributed by atoms with E-state index in [-0.39, 0.29) is 22.9 Å². The SMILES string of the molecule is CC(C)(C)NS(=O)(=O)c1ccc(N2Cc3ccccc3CC(NC(=O)c3ccc(F)cc3)C2=O)cc1. The Kier molecular flexibility index (Phi) is 6.97. The molecule has 0 aliphatic carbocycles. The average molecular weight is 510 g/mol. The Bertz CT molecular complexity index is 1380. The molecular weight excluding hydrogens is 481 g/mol. The lowest BCUT2D eigenvalue weighted by Gasteiger charge is -2.26. The lowest BCUT2D eigenvalue weighted by molar-refractivity contribution is -0.120. The minimum absolute atomic E-state index is 0.0880. The predicted octanol–water partition coefficient (Wildman–Crippen LogP) is 3.79. The molecule has 188 valence electrons. The molecule has 1 heterocycles. The van der Waals surface area contributed by atoms with Crippen molar-refractivity contribution in [3.63, 3.8) is 0 Å². The van der Waals surface area contributed by atoms with E-state index in [1.807, 2.05) is 24.3 Å². The monoisotopic (exact) mass is 509 g/mol. The van der Waals surface area contributed by atoms with Crippen LogP contribution in [0.15, 0.2) is 77.7 Å². The van der Waals surface area contributed by atoms with Crippen LogP contribution in [0.4, 0.5) is 10.1 Å². The Labute approximate surface area is 210 Å². The number of hydrogen-bond donors (Lipinski definition) is 2. The van der Waals surface area contributed by atoms with Gasteiger partial charge in [-0.3, -0.25) is 9.59 Å². The molecule has 0 saturated carbocycles. The van der Waals surface area contributed by atoms with Crippen LogP contribution in [0.3, 0.4) is 0 Å². The number of nitrogens with one attached hydrogen (secondary N) is 2. The summed E-state index contributed by atoms with van der Waals surface area (Å²) in [4.78, 5) is 28.1. The van der Waals surface area contributed by atoms with Gasteiger partial charge in [-0.2, -0.15) is 0 Å². The van der Waals surface area contributed by atoms with Gasteiger partial charge in [0, 0.05) is 23.2 Å². The van der Waals surface area contributed by atoms with Gasteiger partial charge in [0.1, 0.15) is 11.9 Å². The average Bonchev–Trinajstić information content (AvgIpc) is 2.94. The van der Waals surface area contributed by atoms with Gasteiger partial charge >= 0.3 is 0 Å². The maximum Gasteiger partial charge on any atom is 0.251 e. The van der Waals surface area contributed by atoms with Crippen LogP contribution < -0.4 is 14.9 Å². The van der Waals surface area contributed by atoms with Crippen molar-refractivity contribution in [2.24, 2.45) is 0 Å². The molecule has 0 spiro atoms. The molecule has 2 N–H and O–H groups in total. The van der Waals surface area contributed by atoms with Crippen molar-refractivity contribution in [1.29, 1.82) is 0 Å². The van der Waals surface area contributed by atoms with Crippen molar-refractivity contribution in [3.8, 4) is 0 Å². The van der Waals surface area contributed by atoms with Gasteiger partial charge in [-0.15, -0.1) is 0 Å². The van der Waals surface area contributed by atoms with Crippen molar-refractivity contribution < 1.29 is 22.4 Å². The van der Waals surface area contributed by atoms with Gasteiger partial charge in [0.15, 0.2) is 0 Å². The minimum Gasteiger partial charge on any atom is -0.340 e. The standard InChI is InChI=1S/C27H28FN3O4S/c1-27(2,3)30-36(34,35)23-14-12-22(13-15-23)31-17-20-7-5-4-6-19(20)16-24(26(31)33)29-25(32)18-8-10-21(28)11-9-18/h4-15,24,30H,16-17H2,1-3H3,(H,29,32). The molecule has 7 nitrogen and oxygen atoms in total. The number of fused-ring (bicyclic) bond motifs is 1. The molecule has 0 radical (unpaired) electrons. The summed E-state index contributed by atoms with van der Waals surface area (Å²) in [6.07, 6.45) is 0.292. The fraction of sp³-hybridized carbons (Fsp3) is 0.259. The second kappa shape index (κ2) is 9.83. The van der Waals surface area contributed by atoms with Crippen molar-refractivity contribution in [1.82, 2.24) is 10.0 Å². The Balaban J connectivity index is 1.64. The van der Waals surface area contributed by atoms with Crippen LogP contribution in [0.2, 0.25) is 0 Å². The van der Waals surface area contributed by atoms with Crippen molar-refractivity contribution >= 4 is 27.5 Å². The third-order valence-corrected chi connectivity index (χ3v) is 7.52. The molecule has 0 aromatic heterocycles. The Hall–Kier alpha value is -3.56. The van der Waals surface area contributed by atoms with E-state index in [0.29, 0.717) is 12.1 Å². The van der Waals surface area contributed by atoms with Gasteiger partial charge in [-0.05, 0) is 80.4 Å². The van der Waals surface area contributed by atoms with Gasteiger partial charge in [-0.25, -0.2) is 17.5 Å². The third-order valence-electron chi connectivity index (χ3n) is 5.75. The van der Waals surface area contributed by atoms with Gasteiger partial charge in [0.25, 0.3) is 5.91 Å². The topological polar surface area (TPSA) is 95.6 Å². The van der Waals surface area contributed by atoms with Gasteiger partial charge in [0.05, 0.1) is 11.4 Å². The summed E-state index contributed by atoms with van der Waals surface area (Å²) in [6, 6.07) is 17.9. The van der Waals surface area contributed by atoms with Crippen LogP contribution in [0.25, 0.3) is 0 Å². The van der Waals surface area contributed by atoms with Gasteiger partial charge in [0.2, 0.25) is 15.9 Å². The maximum atomic E-state index is 13.6. The first-order valence-corrected chi connectivity index (χ1v) is 13.0. The molecule has 3 aromatic rings. The second-order valence-electron chi connectivity index (χ2n) is 9.78. The maximum absolute atomic E-state index is 13.6. The smallest absolute Gasteiger partial charge is 0.251 e. The number of sulfonamides is 1. The van der Waals surface area contributed by atoms with E-state index < -0.39 is 33.3 Å². The second-order valence-corrected chi connectivity index (χ2v) is 11.5. The summed E-state index contributed by atoms with van der Waals surface area (Å²) >= 11 is 0. The van der Waals surface area contributed by atoms with E-state index in [4.69, 9.17) is 0 Å². The fourth-order valence-corrected chi connectivity index (χ4v) is 5.51. The molecule has 1 unspecified atom stereocenters. The number of hydrogen-bond acceptors (Lipinski definition) is 4. The molecular formula is C27H28FN3O4S. The van der Waals surface area contributed by atoms with E-state index in [9.17, 15) is 22.4 Å². The third kappa shape index (κ3) is 5.80. The molecule has 0 bridgehead atoms. The molecule has 0 saturated heterocycles. The summed E-state index contributed by atoms with van der Waals surface area (Å²) in [6.45, 7) is 5.54. The quantitative estimate of drug-likeness (QED) is 0.547. The largest absolute Gasteiger partial charge is 0.340 e. The highest BCUT2D eigenvalue weighted by Gasteiger charge is 2.32. The fourth-order valence-electron chi connectivity index (χ4n) is 4.10. The summed E-state index contributed by atoms with van der Waals surface area (Å²) in [7, 11) is -3.73. The lowest BCUT2D eigenvalue weighted by Crippen LogP contribution is -2.48. The summed E-state index contributed by atoms with van der Waals surface area (Å²) in [5.41, 5.74) is 1.96. The number of carbonyl (C=O) groups is 2. The summed E-state index contributed by atoms with van der Waals surface area (Å²) in [5.74, 6) is -1.27. The molecule has 4 rings (SSSR count). The van der Waals surface area contributed by atoms with Crippen LogP contribution in [0.5, 0.6) is 0 Å². The molecule has 1 aliphatic heterocycles. The van der Waals surface area contributed by atoms with Crippen molar-refractivity contribution in [2.45, 2.75) is 50.2 Å². The van der Waals surface area contributed by atoms with E-state index in [1.54, 1.807) is 32.9 Å². The zero-order valence-electron chi connectivity index (χ0n) is 20.3. The normalized spacial score (nSPS) is 16.3. The summed E-state index contributed by atoms with van der Waals surface area (Å²) < 4.78 is 41.3. The number of carbonyl (C=O) groups excluding carboxylic acids is 2. The van der Waals surface area contributed by atoms with Crippen LogP contribution in [0, 0.1) is 5.82 Å². The minimum atomic E-state index is -3.73. The predicted molar refractivity (Wildman–Crippen MR) is 136 cm³/mol. The Morgan fingerprint density at radius 1 is 0.944 bits per heavy atom. The highest BCUT2D eigenvalue weighted by Crippen LogP contribution is 2.27. The molecule has 3 aromatic carbocycles. The van der Waals surface area contributed by atoms with Gasteiger partial charge < -0.3 is 10.2 Å². The van der Waals surface area contributed by atoms with Crippen LogP contribution in [-0.4, -0.2) is 31.8 Å². The van der Waals surface area contributed by atoms with Crippen LogP contribution in [-0.2, 0) is 27.8 Å². The molecule has 1 aliphatic rings. The summed E-state index contributed by atoms with van der Waals surface area (Å²) in [5, 5.41) is 2.79. The van der Waals surface area contributed by atoms with Crippen molar-refractivity contribution in [3.05, 3.63) is 95.3 Å². The van der Waals surface area contributed by atoms with E-state index in [1.165, 1.54) is 41.3 Å². The first-order valence-electron chi connectivity index (χ1n) is 11.5. The molecule has 9 heteroatoms.